The average molecular weight is 345 g/mol. The molecule has 0 amide bonds. The van der Waals surface area contributed by atoms with Crippen LogP contribution in [0.4, 0.5) is 5.69 Å². The van der Waals surface area contributed by atoms with Crippen LogP contribution in [0.2, 0.25) is 0 Å². The van der Waals surface area contributed by atoms with Crippen LogP contribution in [0, 0.1) is 0 Å². The van der Waals surface area contributed by atoms with Gasteiger partial charge in [-0.15, -0.1) is 0 Å². The first-order valence-corrected chi connectivity index (χ1v) is 9.20. The third-order valence-electron chi connectivity index (χ3n) is 5.11. The Balaban J connectivity index is 1.47. The molecule has 1 saturated heterocycles. The average Bonchev–Trinajstić information content (AvgIpc) is 2.72. The van der Waals surface area contributed by atoms with Crippen LogP contribution in [0.3, 0.4) is 0 Å². The Morgan fingerprint density at radius 3 is 2.96 bits per heavy atom. The Kier molecular flexibility index (Phi) is 4.93. The molecule has 4 nitrogen and oxygen atoms in total. The number of aldehydes is 1. The largest absolute Gasteiger partial charge is 0.370 e. The first-order chi connectivity index (χ1) is 12.8. The summed E-state index contributed by atoms with van der Waals surface area (Å²) in [6, 6.07) is 18.8. The second kappa shape index (κ2) is 7.67. The molecule has 1 N–H and O–H groups in total. The normalized spacial score (nSPS) is 17.4. The van der Waals surface area contributed by atoms with Crippen molar-refractivity contribution in [2.75, 3.05) is 18.0 Å². The van der Waals surface area contributed by atoms with Crippen molar-refractivity contribution in [2.45, 2.75) is 25.4 Å². The summed E-state index contributed by atoms with van der Waals surface area (Å²) in [6.45, 7) is 2.87. The van der Waals surface area contributed by atoms with Crippen LogP contribution in [0.25, 0.3) is 10.8 Å². The molecule has 0 aliphatic carbocycles. The summed E-state index contributed by atoms with van der Waals surface area (Å²) >= 11 is 0. The van der Waals surface area contributed by atoms with Crippen molar-refractivity contribution in [1.29, 1.82) is 0 Å². The van der Waals surface area contributed by atoms with E-state index in [0.29, 0.717) is 6.04 Å². The number of nitrogens with one attached hydrogen (secondary N) is 1. The first kappa shape index (κ1) is 16.7. The number of hydrogen-bond donors (Lipinski definition) is 1. The highest BCUT2D eigenvalue weighted by Crippen LogP contribution is 2.26. The lowest BCUT2D eigenvalue weighted by molar-refractivity contribution is 0.112. The molecule has 1 fully saturated rings. The zero-order valence-corrected chi connectivity index (χ0v) is 14.8. The zero-order valence-electron chi connectivity index (χ0n) is 14.8. The van der Waals surface area contributed by atoms with E-state index in [2.05, 4.69) is 45.5 Å². The van der Waals surface area contributed by atoms with Crippen molar-refractivity contribution < 1.29 is 4.79 Å². The third kappa shape index (κ3) is 3.60. The molecule has 0 spiro atoms. The van der Waals surface area contributed by atoms with Crippen LogP contribution in [-0.2, 0) is 6.54 Å². The molecule has 4 heteroatoms. The number of rotatable bonds is 5. The van der Waals surface area contributed by atoms with Gasteiger partial charge >= 0.3 is 0 Å². The smallest absolute Gasteiger partial charge is 0.150 e. The number of pyridine rings is 1. The molecule has 1 unspecified atom stereocenters. The van der Waals surface area contributed by atoms with Crippen LogP contribution in [0.15, 0.2) is 60.8 Å². The maximum absolute atomic E-state index is 11.2. The van der Waals surface area contributed by atoms with E-state index in [9.17, 15) is 4.79 Å². The third-order valence-corrected chi connectivity index (χ3v) is 5.11. The highest BCUT2D eigenvalue weighted by molar-refractivity contribution is 5.99. The van der Waals surface area contributed by atoms with Gasteiger partial charge in [0.25, 0.3) is 0 Å². The topological polar surface area (TPSA) is 45.2 Å². The van der Waals surface area contributed by atoms with Crippen molar-refractivity contribution >= 4 is 22.7 Å². The number of carbonyl (C=O) groups is 1. The van der Waals surface area contributed by atoms with Gasteiger partial charge < -0.3 is 10.2 Å². The Labute approximate surface area is 153 Å². The molecule has 2 heterocycles. The minimum absolute atomic E-state index is 0.461. The number of aromatic nitrogens is 1. The van der Waals surface area contributed by atoms with Gasteiger partial charge in [-0.3, -0.25) is 9.78 Å². The summed E-state index contributed by atoms with van der Waals surface area (Å²) in [5, 5.41) is 5.78. The second-order valence-corrected chi connectivity index (χ2v) is 6.86. The fourth-order valence-corrected chi connectivity index (χ4v) is 3.73. The summed E-state index contributed by atoms with van der Waals surface area (Å²) in [5.41, 5.74) is 3.06. The van der Waals surface area contributed by atoms with E-state index in [-0.39, 0.29) is 0 Å². The molecule has 0 radical (unpaired) electrons. The minimum atomic E-state index is 0.461. The maximum Gasteiger partial charge on any atom is 0.150 e. The summed E-state index contributed by atoms with van der Waals surface area (Å²) in [6.07, 6.45) is 5.13. The standard InChI is InChI=1S/C22H23N3O/c26-16-18-6-3-5-17-13-21(9-10-22(17)18)25-12-4-8-20(15-25)24-14-19-7-1-2-11-23-19/h1-3,5-7,9-11,13,16,20,24H,4,8,12,14-15H2. The predicted molar refractivity (Wildman–Crippen MR) is 106 cm³/mol. The Bertz CT molecular complexity index is 894. The van der Waals surface area contributed by atoms with Gasteiger partial charge in [0, 0.05) is 43.1 Å². The SMILES string of the molecule is O=Cc1cccc2cc(N3CCCC(NCc4ccccn4)C3)ccc12. The van der Waals surface area contributed by atoms with E-state index in [1.165, 1.54) is 18.5 Å². The van der Waals surface area contributed by atoms with E-state index >= 15 is 0 Å². The summed E-state index contributed by atoms with van der Waals surface area (Å²) in [7, 11) is 0. The summed E-state index contributed by atoms with van der Waals surface area (Å²) in [4.78, 5) is 18.0. The van der Waals surface area contributed by atoms with Crippen LogP contribution in [-0.4, -0.2) is 30.4 Å². The van der Waals surface area contributed by atoms with Crippen molar-refractivity contribution in [3.63, 3.8) is 0 Å². The van der Waals surface area contributed by atoms with E-state index in [1.807, 2.05) is 30.5 Å². The lowest BCUT2D eigenvalue weighted by Crippen LogP contribution is -2.45. The van der Waals surface area contributed by atoms with E-state index in [1.54, 1.807) is 0 Å². The van der Waals surface area contributed by atoms with E-state index in [0.717, 1.165) is 48.0 Å². The monoisotopic (exact) mass is 345 g/mol. The molecule has 1 atom stereocenters. The van der Waals surface area contributed by atoms with Gasteiger partial charge in [0.05, 0.1) is 5.69 Å². The fraction of sp³-hybridized carbons (Fsp3) is 0.273. The number of benzene rings is 2. The number of piperidine rings is 1. The molecule has 1 aliphatic rings. The molecule has 1 aliphatic heterocycles. The van der Waals surface area contributed by atoms with Crippen LogP contribution >= 0.6 is 0 Å². The molecular formula is C22H23N3O. The highest BCUT2D eigenvalue weighted by atomic mass is 16.1. The molecular weight excluding hydrogens is 322 g/mol. The lowest BCUT2D eigenvalue weighted by atomic mass is 10.0. The molecule has 132 valence electrons. The number of carbonyl (C=O) groups excluding carboxylic acids is 1. The van der Waals surface area contributed by atoms with E-state index < -0.39 is 0 Å². The summed E-state index contributed by atoms with van der Waals surface area (Å²) in [5.74, 6) is 0. The minimum Gasteiger partial charge on any atom is -0.370 e. The van der Waals surface area contributed by atoms with Gasteiger partial charge in [-0.25, -0.2) is 0 Å². The van der Waals surface area contributed by atoms with Crippen LogP contribution < -0.4 is 10.2 Å². The number of fused-ring (bicyclic) bond motifs is 1. The molecule has 26 heavy (non-hydrogen) atoms. The quantitative estimate of drug-likeness (QED) is 0.714. The van der Waals surface area contributed by atoms with Crippen molar-refractivity contribution in [3.8, 4) is 0 Å². The van der Waals surface area contributed by atoms with Gasteiger partial charge in [-0.05, 0) is 47.9 Å². The Morgan fingerprint density at radius 2 is 2.12 bits per heavy atom. The molecule has 4 rings (SSSR count). The fourth-order valence-electron chi connectivity index (χ4n) is 3.73. The second-order valence-electron chi connectivity index (χ2n) is 6.86. The molecule has 0 saturated carbocycles. The molecule has 3 aromatic rings. The molecule has 2 aromatic carbocycles. The van der Waals surface area contributed by atoms with Gasteiger partial charge in [-0.1, -0.05) is 30.3 Å². The van der Waals surface area contributed by atoms with Crippen LogP contribution in [0.5, 0.6) is 0 Å². The molecule has 0 bridgehead atoms. The van der Waals surface area contributed by atoms with Crippen molar-refractivity contribution in [3.05, 3.63) is 72.1 Å². The van der Waals surface area contributed by atoms with Gasteiger partial charge in [0.2, 0.25) is 0 Å². The Hall–Kier alpha value is -2.72. The zero-order chi connectivity index (χ0) is 17.8. The highest BCUT2D eigenvalue weighted by Gasteiger charge is 2.20. The summed E-state index contributed by atoms with van der Waals surface area (Å²) < 4.78 is 0. The lowest BCUT2D eigenvalue weighted by Gasteiger charge is -2.35. The van der Waals surface area contributed by atoms with Gasteiger partial charge in [0.15, 0.2) is 6.29 Å². The maximum atomic E-state index is 11.2. The van der Waals surface area contributed by atoms with Crippen molar-refractivity contribution in [2.24, 2.45) is 0 Å². The predicted octanol–water partition coefficient (Wildman–Crippen LogP) is 3.81. The number of hydrogen-bond acceptors (Lipinski definition) is 4. The molecule has 1 aromatic heterocycles. The Morgan fingerprint density at radius 1 is 1.15 bits per heavy atom. The van der Waals surface area contributed by atoms with Gasteiger partial charge in [-0.2, -0.15) is 0 Å². The van der Waals surface area contributed by atoms with E-state index in [4.69, 9.17) is 0 Å². The number of anilines is 1. The first-order valence-electron chi connectivity index (χ1n) is 9.20. The van der Waals surface area contributed by atoms with Gasteiger partial charge in [0.1, 0.15) is 0 Å². The number of nitrogens with zero attached hydrogens (tertiary/aromatic N) is 2. The van der Waals surface area contributed by atoms with Crippen LogP contribution in [0.1, 0.15) is 28.9 Å². The van der Waals surface area contributed by atoms with Crippen molar-refractivity contribution in [1.82, 2.24) is 10.3 Å².